The Hall–Kier alpha value is -2.24. The van der Waals surface area contributed by atoms with E-state index in [2.05, 4.69) is 10.6 Å². The fourth-order valence-electron chi connectivity index (χ4n) is 2.41. The number of nitrogens with one attached hydrogen (secondary N) is 2. The lowest BCUT2D eigenvalue weighted by Crippen LogP contribution is -2.51. The summed E-state index contributed by atoms with van der Waals surface area (Å²) in [5.74, 6) is 0.610. The molecule has 6 nitrogen and oxygen atoms in total. The number of rotatable bonds is 9. The van der Waals surface area contributed by atoms with Crippen LogP contribution in [-0.2, 0) is 16.0 Å². The Morgan fingerprint density at radius 3 is 2.24 bits per heavy atom. The van der Waals surface area contributed by atoms with E-state index in [9.17, 15) is 9.59 Å². The second kappa shape index (κ2) is 10.6. The third-order valence-corrected chi connectivity index (χ3v) is 3.91. The molecule has 0 aromatic heterocycles. The molecule has 140 valence electrons. The maximum Gasteiger partial charge on any atom is 0.407 e. The van der Waals surface area contributed by atoms with Crippen molar-refractivity contribution in [2.45, 2.75) is 52.6 Å². The smallest absolute Gasteiger partial charge is 0.407 e. The maximum absolute atomic E-state index is 12.4. The summed E-state index contributed by atoms with van der Waals surface area (Å²) in [6, 6.07) is 7.29. The summed E-state index contributed by atoms with van der Waals surface area (Å²) < 4.78 is 10.0. The zero-order chi connectivity index (χ0) is 18.8. The Morgan fingerprint density at radius 1 is 1.08 bits per heavy atom. The fraction of sp³-hybridized carbons (Fsp3) is 0.579. The third kappa shape index (κ3) is 7.45. The molecule has 0 fully saturated rings. The van der Waals surface area contributed by atoms with Crippen LogP contribution >= 0.6 is 0 Å². The summed E-state index contributed by atoms with van der Waals surface area (Å²) in [4.78, 5) is 24.0. The number of alkyl carbamates (subject to hydrolysis) is 1. The summed E-state index contributed by atoms with van der Waals surface area (Å²) >= 11 is 0. The number of aryl methyl sites for hydroxylation is 1. The standard InChI is InChI=1S/C19H30N2O4/c1-6-25-19(23)21-17(13(2)3)18(22)20-14(4)7-8-15-9-11-16(24-5)12-10-15/h9-14,17H,6-8H2,1-5H3,(H,20,22)(H,21,23). The number of benzene rings is 1. The van der Waals surface area contributed by atoms with Gasteiger partial charge in [0.1, 0.15) is 11.8 Å². The second-order valence-corrected chi connectivity index (χ2v) is 6.38. The number of hydrogen-bond acceptors (Lipinski definition) is 4. The van der Waals surface area contributed by atoms with E-state index >= 15 is 0 Å². The molecule has 2 N–H and O–H groups in total. The molecule has 0 spiro atoms. The maximum atomic E-state index is 12.4. The first-order valence-electron chi connectivity index (χ1n) is 8.74. The highest BCUT2D eigenvalue weighted by Gasteiger charge is 2.25. The lowest BCUT2D eigenvalue weighted by Gasteiger charge is -2.23. The molecule has 2 amide bonds. The first-order valence-corrected chi connectivity index (χ1v) is 8.74. The van der Waals surface area contributed by atoms with Crippen LogP contribution in [-0.4, -0.2) is 37.8 Å². The number of hydrogen-bond donors (Lipinski definition) is 2. The van der Waals surface area contributed by atoms with Crippen molar-refractivity contribution in [3.8, 4) is 5.75 Å². The van der Waals surface area contributed by atoms with E-state index in [-0.39, 0.29) is 24.5 Å². The molecule has 2 unspecified atom stereocenters. The van der Waals surface area contributed by atoms with Gasteiger partial charge in [0, 0.05) is 6.04 Å². The van der Waals surface area contributed by atoms with Crippen LogP contribution in [0.3, 0.4) is 0 Å². The van der Waals surface area contributed by atoms with Gasteiger partial charge in [-0.15, -0.1) is 0 Å². The molecule has 0 aliphatic carbocycles. The van der Waals surface area contributed by atoms with E-state index in [1.54, 1.807) is 14.0 Å². The molecule has 25 heavy (non-hydrogen) atoms. The molecule has 0 aliphatic heterocycles. The first kappa shape index (κ1) is 20.8. The van der Waals surface area contributed by atoms with Gasteiger partial charge in [-0.1, -0.05) is 26.0 Å². The van der Waals surface area contributed by atoms with Gasteiger partial charge in [0.2, 0.25) is 5.91 Å². The molecule has 0 radical (unpaired) electrons. The van der Waals surface area contributed by atoms with Crippen LogP contribution in [0.5, 0.6) is 5.75 Å². The minimum absolute atomic E-state index is 0.000141. The quantitative estimate of drug-likeness (QED) is 0.718. The van der Waals surface area contributed by atoms with Crippen molar-refractivity contribution in [2.24, 2.45) is 5.92 Å². The van der Waals surface area contributed by atoms with Crippen LogP contribution in [0.1, 0.15) is 39.7 Å². The van der Waals surface area contributed by atoms with Crippen LogP contribution in [0.2, 0.25) is 0 Å². The average molecular weight is 350 g/mol. The Bertz CT molecular complexity index is 543. The van der Waals surface area contributed by atoms with Crippen molar-refractivity contribution < 1.29 is 19.1 Å². The predicted molar refractivity (Wildman–Crippen MR) is 97.7 cm³/mol. The fourth-order valence-corrected chi connectivity index (χ4v) is 2.41. The van der Waals surface area contributed by atoms with Gasteiger partial charge in [0.05, 0.1) is 13.7 Å². The molecule has 0 bridgehead atoms. The van der Waals surface area contributed by atoms with E-state index in [0.717, 1.165) is 18.6 Å². The van der Waals surface area contributed by atoms with E-state index < -0.39 is 12.1 Å². The van der Waals surface area contributed by atoms with Gasteiger partial charge >= 0.3 is 6.09 Å². The number of ether oxygens (including phenoxy) is 2. The molecule has 6 heteroatoms. The van der Waals surface area contributed by atoms with Crippen molar-refractivity contribution in [3.05, 3.63) is 29.8 Å². The number of methoxy groups -OCH3 is 1. The zero-order valence-corrected chi connectivity index (χ0v) is 15.8. The van der Waals surface area contributed by atoms with Crippen molar-refractivity contribution in [1.82, 2.24) is 10.6 Å². The summed E-state index contributed by atoms with van der Waals surface area (Å²) in [6.45, 7) is 7.74. The normalized spacial score (nSPS) is 13.0. The van der Waals surface area contributed by atoms with Gasteiger partial charge in [-0.3, -0.25) is 4.79 Å². The Morgan fingerprint density at radius 2 is 1.72 bits per heavy atom. The summed E-state index contributed by atoms with van der Waals surface area (Å²) in [7, 11) is 1.64. The van der Waals surface area contributed by atoms with Gasteiger partial charge in [0.25, 0.3) is 0 Å². The minimum Gasteiger partial charge on any atom is -0.497 e. The lowest BCUT2D eigenvalue weighted by atomic mass is 10.0. The third-order valence-electron chi connectivity index (χ3n) is 3.91. The molecule has 0 heterocycles. The van der Waals surface area contributed by atoms with Gasteiger partial charge in [0.15, 0.2) is 0 Å². The van der Waals surface area contributed by atoms with Crippen LogP contribution < -0.4 is 15.4 Å². The highest BCUT2D eigenvalue weighted by atomic mass is 16.5. The molecule has 0 saturated carbocycles. The lowest BCUT2D eigenvalue weighted by molar-refractivity contribution is -0.124. The zero-order valence-electron chi connectivity index (χ0n) is 15.8. The summed E-state index contributed by atoms with van der Waals surface area (Å²) in [5.41, 5.74) is 1.19. The monoisotopic (exact) mass is 350 g/mol. The SMILES string of the molecule is CCOC(=O)NC(C(=O)NC(C)CCc1ccc(OC)cc1)C(C)C. The van der Waals surface area contributed by atoms with Crippen molar-refractivity contribution in [2.75, 3.05) is 13.7 Å². The largest absolute Gasteiger partial charge is 0.497 e. The average Bonchev–Trinajstić information content (AvgIpc) is 2.58. The second-order valence-electron chi connectivity index (χ2n) is 6.38. The number of carbonyl (C=O) groups is 2. The van der Waals surface area contributed by atoms with Crippen LogP contribution in [0.4, 0.5) is 4.79 Å². The molecular weight excluding hydrogens is 320 g/mol. The van der Waals surface area contributed by atoms with Crippen molar-refractivity contribution in [1.29, 1.82) is 0 Å². The topological polar surface area (TPSA) is 76.7 Å². The van der Waals surface area contributed by atoms with Gasteiger partial charge < -0.3 is 20.1 Å². The van der Waals surface area contributed by atoms with E-state index in [0.29, 0.717) is 0 Å². The Labute approximate surface area is 150 Å². The van der Waals surface area contributed by atoms with E-state index in [1.807, 2.05) is 45.0 Å². The molecule has 2 atom stereocenters. The minimum atomic E-state index is -0.609. The van der Waals surface area contributed by atoms with Crippen molar-refractivity contribution in [3.63, 3.8) is 0 Å². The number of carbonyl (C=O) groups excluding carboxylic acids is 2. The highest BCUT2D eigenvalue weighted by Crippen LogP contribution is 2.13. The first-order chi connectivity index (χ1) is 11.9. The van der Waals surface area contributed by atoms with Gasteiger partial charge in [-0.2, -0.15) is 0 Å². The Kier molecular flexibility index (Phi) is 8.81. The molecule has 1 aromatic carbocycles. The molecule has 1 aromatic rings. The molecular formula is C19H30N2O4. The van der Waals surface area contributed by atoms with E-state index in [1.165, 1.54) is 5.56 Å². The van der Waals surface area contributed by atoms with Gasteiger partial charge in [-0.05, 0) is 50.3 Å². The van der Waals surface area contributed by atoms with Crippen molar-refractivity contribution >= 4 is 12.0 Å². The molecule has 1 rings (SSSR count). The van der Waals surface area contributed by atoms with Crippen LogP contribution in [0, 0.1) is 5.92 Å². The highest BCUT2D eigenvalue weighted by molar-refractivity contribution is 5.86. The summed E-state index contributed by atoms with van der Waals surface area (Å²) in [6.07, 6.45) is 1.09. The van der Waals surface area contributed by atoms with Gasteiger partial charge in [-0.25, -0.2) is 4.79 Å². The Balaban J connectivity index is 2.50. The van der Waals surface area contributed by atoms with Crippen LogP contribution in [0.25, 0.3) is 0 Å². The predicted octanol–water partition coefficient (Wildman–Crippen LogP) is 2.90. The number of amides is 2. The molecule has 0 saturated heterocycles. The molecule has 0 aliphatic rings. The van der Waals surface area contributed by atoms with Crippen LogP contribution in [0.15, 0.2) is 24.3 Å². The van der Waals surface area contributed by atoms with E-state index in [4.69, 9.17) is 9.47 Å². The summed E-state index contributed by atoms with van der Waals surface area (Å²) in [5, 5.41) is 5.59.